The Kier molecular flexibility index (Phi) is 6.91. The summed E-state index contributed by atoms with van der Waals surface area (Å²) < 4.78 is 10.2. The van der Waals surface area contributed by atoms with E-state index in [1.165, 1.54) is 24.1 Å². The highest BCUT2D eigenvalue weighted by molar-refractivity contribution is 5.92. The minimum Gasteiger partial charge on any atom is -0.452 e. The van der Waals surface area contributed by atoms with Crippen molar-refractivity contribution in [3.8, 4) is 0 Å². The summed E-state index contributed by atoms with van der Waals surface area (Å²) in [4.78, 5) is 38.9. The van der Waals surface area contributed by atoms with Crippen molar-refractivity contribution in [2.75, 3.05) is 46.5 Å². The van der Waals surface area contributed by atoms with Crippen molar-refractivity contribution in [1.82, 2.24) is 9.80 Å². The lowest BCUT2D eigenvalue weighted by molar-refractivity contribution is -0.143. The Morgan fingerprint density at radius 1 is 1.20 bits per heavy atom. The lowest BCUT2D eigenvalue weighted by Crippen LogP contribution is -2.46. The lowest BCUT2D eigenvalue weighted by Gasteiger charge is -2.28. The maximum atomic E-state index is 12.1. The molecule has 0 aromatic heterocycles. The number of nitrogens with zero attached hydrogens (tertiary/aromatic N) is 2. The molecule has 1 N–H and O–H groups in total. The van der Waals surface area contributed by atoms with Crippen LogP contribution in [0.2, 0.25) is 0 Å². The number of hydrogen-bond acceptors (Lipinski definition) is 6. The third kappa shape index (κ3) is 5.54. The highest BCUT2D eigenvalue weighted by Gasteiger charge is 2.21. The summed E-state index contributed by atoms with van der Waals surface area (Å²) in [5, 5.41) is 8.97. The van der Waals surface area contributed by atoms with Gasteiger partial charge >= 0.3 is 5.97 Å². The summed E-state index contributed by atoms with van der Waals surface area (Å²) in [6.45, 7) is 1.40. The first-order valence-corrected chi connectivity index (χ1v) is 7.97. The quantitative estimate of drug-likeness (QED) is 0.705. The second-order valence-corrected chi connectivity index (χ2v) is 5.67. The predicted octanol–water partition coefficient (Wildman–Crippen LogP) is -0.347. The van der Waals surface area contributed by atoms with E-state index in [0.29, 0.717) is 31.9 Å². The lowest BCUT2D eigenvalue weighted by atomic mass is 10.1. The second kappa shape index (κ2) is 9.14. The Morgan fingerprint density at radius 3 is 2.44 bits per heavy atom. The molecule has 8 nitrogen and oxygen atoms in total. The molecule has 2 rings (SSSR count). The Labute approximate surface area is 145 Å². The van der Waals surface area contributed by atoms with Gasteiger partial charge in [0.05, 0.1) is 31.9 Å². The van der Waals surface area contributed by atoms with Crippen molar-refractivity contribution in [2.45, 2.75) is 6.61 Å². The normalized spacial score (nSPS) is 14.1. The molecule has 25 heavy (non-hydrogen) atoms. The molecule has 2 amide bonds. The molecule has 8 heteroatoms. The largest absolute Gasteiger partial charge is 0.452 e. The van der Waals surface area contributed by atoms with Crippen LogP contribution >= 0.6 is 0 Å². The van der Waals surface area contributed by atoms with Crippen LogP contribution in [0.25, 0.3) is 0 Å². The van der Waals surface area contributed by atoms with Crippen LogP contribution in [0.5, 0.6) is 0 Å². The molecular formula is C17H22N2O6. The van der Waals surface area contributed by atoms with Gasteiger partial charge in [-0.2, -0.15) is 0 Å². The molecule has 0 bridgehead atoms. The van der Waals surface area contributed by atoms with Crippen molar-refractivity contribution in [3.63, 3.8) is 0 Å². The molecule has 0 spiro atoms. The number of carbonyl (C=O) groups is 3. The number of hydrogen-bond donors (Lipinski definition) is 1. The molecule has 0 aliphatic carbocycles. The number of aliphatic hydroxyl groups is 1. The second-order valence-electron chi connectivity index (χ2n) is 5.67. The molecule has 1 aromatic rings. The van der Waals surface area contributed by atoms with Crippen LogP contribution in [-0.4, -0.2) is 79.2 Å². The van der Waals surface area contributed by atoms with Crippen LogP contribution in [0.4, 0.5) is 0 Å². The standard InChI is InChI=1S/C17H22N2O6/c1-18(10-15(21)19-6-8-24-9-7-19)16(22)12-25-17(23)14-4-2-13(11-20)3-5-14/h2-5,20H,6-12H2,1H3. The first-order valence-electron chi connectivity index (χ1n) is 7.97. The highest BCUT2D eigenvalue weighted by Crippen LogP contribution is 2.06. The average Bonchev–Trinajstić information content (AvgIpc) is 2.66. The number of benzene rings is 1. The number of rotatable bonds is 6. The molecule has 0 saturated carbocycles. The van der Waals surface area contributed by atoms with Gasteiger partial charge in [-0.05, 0) is 17.7 Å². The zero-order valence-corrected chi connectivity index (χ0v) is 14.1. The van der Waals surface area contributed by atoms with Gasteiger partial charge in [-0.15, -0.1) is 0 Å². The van der Waals surface area contributed by atoms with E-state index in [2.05, 4.69) is 0 Å². The van der Waals surface area contributed by atoms with E-state index >= 15 is 0 Å². The van der Waals surface area contributed by atoms with Crippen LogP contribution in [0, 0.1) is 0 Å². The Balaban J connectivity index is 1.77. The summed E-state index contributed by atoms with van der Waals surface area (Å²) in [5.74, 6) is -1.25. The molecule has 136 valence electrons. The molecule has 0 unspecified atom stereocenters. The molecule has 1 aromatic carbocycles. The van der Waals surface area contributed by atoms with Gasteiger partial charge in [-0.25, -0.2) is 4.79 Å². The SMILES string of the molecule is CN(CC(=O)N1CCOCC1)C(=O)COC(=O)c1ccc(CO)cc1. The van der Waals surface area contributed by atoms with Crippen LogP contribution in [0.15, 0.2) is 24.3 Å². The van der Waals surface area contributed by atoms with Crippen LogP contribution < -0.4 is 0 Å². The van der Waals surface area contributed by atoms with E-state index < -0.39 is 18.5 Å². The van der Waals surface area contributed by atoms with Crippen molar-refractivity contribution < 1.29 is 29.0 Å². The minimum absolute atomic E-state index is 0.0679. The van der Waals surface area contributed by atoms with Gasteiger partial charge in [0.1, 0.15) is 0 Å². The zero-order chi connectivity index (χ0) is 18.2. The minimum atomic E-state index is -0.634. The summed E-state index contributed by atoms with van der Waals surface area (Å²) in [5.41, 5.74) is 0.964. The molecular weight excluding hydrogens is 328 g/mol. The van der Waals surface area contributed by atoms with Gasteiger partial charge in [0.25, 0.3) is 5.91 Å². The number of likely N-dealkylation sites (N-methyl/N-ethyl adjacent to an activating group) is 1. The fourth-order valence-corrected chi connectivity index (χ4v) is 2.27. The fraction of sp³-hybridized carbons (Fsp3) is 0.471. The third-order valence-corrected chi connectivity index (χ3v) is 3.86. The van der Waals surface area contributed by atoms with Gasteiger partial charge < -0.3 is 24.4 Å². The smallest absolute Gasteiger partial charge is 0.338 e. The number of carbonyl (C=O) groups excluding carboxylic acids is 3. The van der Waals surface area contributed by atoms with Gasteiger partial charge in [-0.1, -0.05) is 12.1 Å². The molecule has 1 aliphatic rings. The number of ether oxygens (including phenoxy) is 2. The molecule has 1 heterocycles. The first-order chi connectivity index (χ1) is 12.0. The van der Waals surface area contributed by atoms with Crippen LogP contribution in [-0.2, 0) is 25.7 Å². The highest BCUT2D eigenvalue weighted by atomic mass is 16.5. The van der Waals surface area contributed by atoms with Crippen molar-refractivity contribution in [2.24, 2.45) is 0 Å². The number of morpholine rings is 1. The molecule has 1 aliphatic heterocycles. The zero-order valence-electron chi connectivity index (χ0n) is 14.1. The predicted molar refractivity (Wildman–Crippen MR) is 87.7 cm³/mol. The summed E-state index contributed by atoms with van der Waals surface area (Å²) in [6, 6.07) is 6.24. The maximum Gasteiger partial charge on any atom is 0.338 e. The number of aliphatic hydroxyl groups excluding tert-OH is 1. The average molecular weight is 350 g/mol. The molecule has 1 saturated heterocycles. The van der Waals surface area contributed by atoms with Crippen molar-refractivity contribution >= 4 is 17.8 Å². The fourth-order valence-electron chi connectivity index (χ4n) is 2.27. The number of amides is 2. The summed E-state index contributed by atoms with van der Waals surface area (Å²) >= 11 is 0. The summed E-state index contributed by atoms with van der Waals surface area (Å²) in [6.07, 6.45) is 0. The van der Waals surface area contributed by atoms with Gasteiger partial charge in [0.2, 0.25) is 5.91 Å². The van der Waals surface area contributed by atoms with E-state index in [9.17, 15) is 14.4 Å². The van der Waals surface area contributed by atoms with E-state index in [-0.39, 0.29) is 24.6 Å². The molecule has 0 radical (unpaired) electrons. The van der Waals surface area contributed by atoms with Crippen molar-refractivity contribution in [1.29, 1.82) is 0 Å². The van der Waals surface area contributed by atoms with Crippen molar-refractivity contribution in [3.05, 3.63) is 35.4 Å². The van der Waals surface area contributed by atoms with Gasteiger partial charge in [0, 0.05) is 20.1 Å². The van der Waals surface area contributed by atoms with Gasteiger partial charge in [-0.3, -0.25) is 9.59 Å². The monoisotopic (exact) mass is 350 g/mol. The Hall–Kier alpha value is -2.45. The Bertz CT molecular complexity index is 610. The third-order valence-electron chi connectivity index (χ3n) is 3.86. The Morgan fingerprint density at radius 2 is 1.84 bits per heavy atom. The van der Waals surface area contributed by atoms with E-state index in [0.717, 1.165) is 0 Å². The summed E-state index contributed by atoms with van der Waals surface area (Å²) in [7, 11) is 1.49. The van der Waals surface area contributed by atoms with E-state index in [1.807, 2.05) is 0 Å². The molecule has 1 fully saturated rings. The van der Waals surface area contributed by atoms with Gasteiger partial charge in [0.15, 0.2) is 6.61 Å². The van der Waals surface area contributed by atoms with Crippen LogP contribution in [0.3, 0.4) is 0 Å². The maximum absolute atomic E-state index is 12.1. The topological polar surface area (TPSA) is 96.4 Å². The number of esters is 1. The molecule has 0 atom stereocenters. The van der Waals surface area contributed by atoms with Crippen LogP contribution in [0.1, 0.15) is 15.9 Å². The van der Waals surface area contributed by atoms with E-state index in [4.69, 9.17) is 14.6 Å². The first kappa shape index (κ1) is 18.9. The van der Waals surface area contributed by atoms with E-state index in [1.54, 1.807) is 17.0 Å².